The minimum Gasteiger partial charge on any atom is -0.339 e. The SMILES string of the molecule is CC(C)CC(=O)Cc1nc(C2CCS(=O)(=O)C2)no1. The fraction of sp³-hybridized carbons (Fsp3) is 0.750. The van der Waals surface area contributed by atoms with Crippen molar-refractivity contribution in [2.75, 3.05) is 11.5 Å². The summed E-state index contributed by atoms with van der Waals surface area (Å²) in [5.74, 6) is 1.11. The molecule has 1 aliphatic rings. The molecule has 1 unspecified atom stereocenters. The van der Waals surface area contributed by atoms with E-state index in [0.29, 0.717) is 24.6 Å². The van der Waals surface area contributed by atoms with Gasteiger partial charge in [0.15, 0.2) is 15.7 Å². The molecule has 0 N–H and O–H groups in total. The van der Waals surface area contributed by atoms with Gasteiger partial charge in [0, 0.05) is 12.3 Å². The van der Waals surface area contributed by atoms with Crippen molar-refractivity contribution < 1.29 is 17.7 Å². The van der Waals surface area contributed by atoms with Gasteiger partial charge in [-0.05, 0) is 12.3 Å². The first kappa shape index (κ1) is 14.2. The highest BCUT2D eigenvalue weighted by Gasteiger charge is 2.32. The molecule has 0 saturated carbocycles. The fourth-order valence-corrected chi connectivity index (χ4v) is 3.94. The summed E-state index contributed by atoms with van der Waals surface area (Å²) >= 11 is 0. The summed E-state index contributed by atoms with van der Waals surface area (Å²) in [6, 6.07) is 0. The normalized spacial score (nSPS) is 21.9. The Morgan fingerprint density at radius 2 is 2.21 bits per heavy atom. The number of hydrogen-bond donors (Lipinski definition) is 0. The van der Waals surface area contributed by atoms with E-state index in [-0.39, 0.29) is 35.5 Å². The highest BCUT2D eigenvalue weighted by molar-refractivity contribution is 7.91. The van der Waals surface area contributed by atoms with Crippen LogP contribution in [0, 0.1) is 5.92 Å². The van der Waals surface area contributed by atoms with Crippen molar-refractivity contribution in [2.24, 2.45) is 5.92 Å². The maximum absolute atomic E-state index is 11.6. The van der Waals surface area contributed by atoms with Gasteiger partial charge in [-0.25, -0.2) is 8.42 Å². The fourth-order valence-electron chi connectivity index (χ4n) is 2.20. The molecule has 0 aromatic carbocycles. The summed E-state index contributed by atoms with van der Waals surface area (Å²) < 4.78 is 27.8. The highest BCUT2D eigenvalue weighted by Crippen LogP contribution is 2.26. The highest BCUT2D eigenvalue weighted by atomic mass is 32.2. The summed E-state index contributed by atoms with van der Waals surface area (Å²) in [5, 5.41) is 3.79. The Morgan fingerprint density at radius 3 is 2.79 bits per heavy atom. The number of Topliss-reactive ketones (excluding diaryl/α,β-unsaturated/α-hetero) is 1. The van der Waals surface area contributed by atoms with Crippen LogP contribution >= 0.6 is 0 Å². The lowest BCUT2D eigenvalue weighted by atomic mass is 10.1. The van der Waals surface area contributed by atoms with Crippen LogP contribution in [0.2, 0.25) is 0 Å². The van der Waals surface area contributed by atoms with Crippen LogP contribution in [0.3, 0.4) is 0 Å². The molecule has 106 valence electrons. The van der Waals surface area contributed by atoms with E-state index in [1.807, 2.05) is 13.8 Å². The third-order valence-electron chi connectivity index (χ3n) is 3.07. The van der Waals surface area contributed by atoms with E-state index in [9.17, 15) is 13.2 Å². The Balaban J connectivity index is 1.98. The molecule has 2 rings (SSSR count). The maximum atomic E-state index is 11.6. The average Bonchev–Trinajstić information content (AvgIpc) is 2.83. The molecule has 0 amide bonds. The Bertz CT molecular complexity index is 562. The molecule has 0 spiro atoms. The number of rotatable bonds is 5. The van der Waals surface area contributed by atoms with Gasteiger partial charge in [-0.2, -0.15) is 4.98 Å². The molecule has 6 nitrogen and oxygen atoms in total. The molecular formula is C12H18N2O4S. The summed E-state index contributed by atoms with van der Waals surface area (Å²) in [5.41, 5.74) is 0. The molecule has 0 bridgehead atoms. The van der Waals surface area contributed by atoms with Crippen LogP contribution in [-0.2, 0) is 21.1 Å². The molecule has 2 heterocycles. The minimum atomic E-state index is -2.96. The molecule has 1 aromatic rings. The smallest absolute Gasteiger partial charge is 0.234 e. The van der Waals surface area contributed by atoms with Crippen molar-refractivity contribution in [3.63, 3.8) is 0 Å². The number of sulfone groups is 1. The number of carbonyl (C=O) groups is 1. The second-order valence-electron chi connectivity index (χ2n) is 5.46. The molecule has 1 saturated heterocycles. The molecule has 1 fully saturated rings. The van der Waals surface area contributed by atoms with Crippen molar-refractivity contribution in [3.05, 3.63) is 11.7 Å². The van der Waals surface area contributed by atoms with E-state index in [1.165, 1.54) is 0 Å². The number of ketones is 1. The first-order valence-electron chi connectivity index (χ1n) is 6.40. The van der Waals surface area contributed by atoms with Gasteiger partial charge >= 0.3 is 0 Å². The van der Waals surface area contributed by atoms with Gasteiger partial charge in [0.05, 0.1) is 17.9 Å². The number of nitrogens with zero attached hydrogens (tertiary/aromatic N) is 2. The van der Waals surface area contributed by atoms with E-state index >= 15 is 0 Å². The van der Waals surface area contributed by atoms with Crippen LogP contribution in [0.5, 0.6) is 0 Å². The van der Waals surface area contributed by atoms with Crippen LogP contribution in [0.4, 0.5) is 0 Å². The van der Waals surface area contributed by atoms with Crippen LogP contribution < -0.4 is 0 Å². The zero-order valence-corrected chi connectivity index (χ0v) is 11.9. The quantitative estimate of drug-likeness (QED) is 0.806. The van der Waals surface area contributed by atoms with Gasteiger partial charge in [-0.3, -0.25) is 4.79 Å². The van der Waals surface area contributed by atoms with Gasteiger partial charge in [-0.1, -0.05) is 19.0 Å². The lowest BCUT2D eigenvalue weighted by Crippen LogP contribution is -2.07. The molecule has 1 aliphatic heterocycles. The molecule has 0 aliphatic carbocycles. The second kappa shape index (κ2) is 5.40. The monoisotopic (exact) mass is 286 g/mol. The van der Waals surface area contributed by atoms with Gasteiger partial charge < -0.3 is 4.52 Å². The summed E-state index contributed by atoms with van der Waals surface area (Å²) in [6.45, 7) is 3.95. The molecule has 7 heteroatoms. The Labute approximate surface area is 112 Å². The topological polar surface area (TPSA) is 90.1 Å². The molecule has 19 heavy (non-hydrogen) atoms. The summed E-state index contributed by atoms with van der Waals surface area (Å²) in [4.78, 5) is 15.8. The van der Waals surface area contributed by atoms with E-state index in [0.717, 1.165) is 0 Å². The number of hydrogen-bond acceptors (Lipinski definition) is 6. The average molecular weight is 286 g/mol. The van der Waals surface area contributed by atoms with Crippen molar-refractivity contribution in [2.45, 2.75) is 39.0 Å². The van der Waals surface area contributed by atoms with Crippen molar-refractivity contribution in [1.82, 2.24) is 10.1 Å². The lowest BCUT2D eigenvalue weighted by Gasteiger charge is -2.00. The third kappa shape index (κ3) is 3.86. The standard InChI is InChI=1S/C12H18N2O4S/c1-8(2)5-10(15)6-11-13-12(14-18-11)9-3-4-19(16,17)7-9/h8-9H,3-7H2,1-2H3. The van der Waals surface area contributed by atoms with Gasteiger partial charge in [0.2, 0.25) is 5.89 Å². The van der Waals surface area contributed by atoms with Gasteiger partial charge in [0.25, 0.3) is 0 Å². The molecule has 0 radical (unpaired) electrons. The third-order valence-corrected chi connectivity index (χ3v) is 4.83. The number of carbonyl (C=O) groups excluding carboxylic acids is 1. The minimum absolute atomic E-state index is 0.0595. The Hall–Kier alpha value is -1.24. The second-order valence-corrected chi connectivity index (χ2v) is 7.69. The van der Waals surface area contributed by atoms with E-state index in [1.54, 1.807) is 0 Å². The molecular weight excluding hydrogens is 268 g/mol. The van der Waals surface area contributed by atoms with Crippen LogP contribution in [0.15, 0.2) is 4.52 Å². The van der Waals surface area contributed by atoms with Gasteiger partial charge in [0.1, 0.15) is 5.78 Å². The molecule has 1 aromatic heterocycles. The maximum Gasteiger partial charge on any atom is 0.234 e. The van der Waals surface area contributed by atoms with Crippen LogP contribution in [-0.4, -0.2) is 35.8 Å². The Morgan fingerprint density at radius 1 is 1.47 bits per heavy atom. The summed E-state index contributed by atoms with van der Waals surface area (Å²) in [6.07, 6.45) is 1.14. The molecule has 1 atom stereocenters. The first-order chi connectivity index (χ1) is 8.85. The van der Waals surface area contributed by atoms with Gasteiger partial charge in [-0.15, -0.1) is 0 Å². The van der Waals surface area contributed by atoms with E-state index in [2.05, 4.69) is 10.1 Å². The number of aromatic nitrogens is 2. The van der Waals surface area contributed by atoms with Crippen molar-refractivity contribution in [3.8, 4) is 0 Å². The first-order valence-corrected chi connectivity index (χ1v) is 8.22. The van der Waals surface area contributed by atoms with Crippen LogP contribution in [0.25, 0.3) is 0 Å². The van der Waals surface area contributed by atoms with Crippen LogP contribution in [0.1, 0.15) is 44.3 Å². The predicted octanol–water partition coefficient (Wildman–Crippen LogP) is 1.13. The largest absolute Gasteiger partial charge is 0.339 e. The predicted molar refractivity (Wildman–Crippen MR) is 68.5 cm³/mol. The zero-order chi connectivity index (χ0) is 14.0. The van der Waals surface area contributed by atoms with E-state index < -0.39 is 9.84 Å². The lowest BCUT2D eigenvalue weighted by molar-refractivity contribution is -0.119. The van der Waals surface area contributed by atoms with Crippen molar-refractivity contribution >= 4 is 15.6 Å². The van der Waals surface area contributed by atoms with E-state index in [4.69, 9.17) is 4.52 Å². The Kier molecular flexibility index (Phi) is 4.03. The zero-order valence-electron chi connectivity index (χ0n) is 11.1. The van der Waals surface area contributed by atoms with Crippen molar-refractivity contribution in [1.29, 1.82) is 0 Å². The summed E-state index contributed by atoms with van der Waals surface area (Å²) in [7, 11) is -2.96.